The second-order valence-corrected chi connectivity index (χ2v) is 8.61. The molecule has 40 heavy (non-hydrogen) atoms. The van der Waals surface area contributed by atoms with Gasteiger partial charge in [0.05, 0.1) is 23.4 Å². The number of nitrogen functional groups attached to an aromatic ring is 1. The van der Waals surface area contributed by atoms with E-state index in [9.17, 15) is 10.1 Å². The molecule has 0 radical (unpaired) electrons. The van der Waals surface area contributed by atoms with Gasteiger partial charge in [-0.05, 0) is 29.4 Å². The van der Waals surface area contributed by atoms with E-state index < -0.39 is 4.92 Å². The van der Waals surface area contributed by atoms with Crippen LogP contribution in [0.25, 0.3) is 33.8 Å². The Bertz CT molecular complexity index is 1660. The van der Waals surface area contributed by atoms with Crippen molar-refractivity contribution < 1.29 is 14.3 Å². The van der Waals surface area contributed by atoms with Crippen LogP contribution in [0.4, 0.5) is 17.2 Å². The molecule has 14 nitrogen and oxygen atoms in total. The fraction of sp³-hybridized carbons (Fsp3) is 0.192. The van der Waals surface area contributed by atoms with Gasteiger partial charge in [0.15, 0.2) is 29.0 Å². The zero-order valence-electron chi connectivity index (χ0n) is 21.5. The van der Waals surface area contributed by atoms with Crippen LogP contribution in [0.2, 0.25) is 0 Å². The Morgan fingerprint density at radius 1 is 1.15 bits per heavy atom. The van der Waals surface area contributed by atoms with Crippen LogP contribution in [-0.2, 0) is 6.54 Å². The average Bonchev–Trinajstić information content (AvgIpc) is 3.56. The number of aromatic nitrogens is 5. The SMILES string of the molecule is CCn1c(-c2nonc2N)nc2c(-c3ccccc3)ncc(OCCCN=C(N)Nc3ccc([N+](=O)[O-])cc3)c21. The predicted molar refractivity (Wildman–Crippen MR) is 150 cm³/mol. The quantitative estimate of drug-likeness (QED) is 0.0761. The van der Waals surface area contributed by atoms with Crippen LogP contribution >= 0.6 is 0 Å². The van der Waals surface area contributed by atoms with E-state index in [1.165, 1.54) is 12.1 Å². The Balaban J connectivity index is 1.34. The molecule has 0 aliphatic heterocycles. The summed E-state index contributed by atoms with van der Waals surface area (Å²) in [5, 5.41) is 21.4. The number of aliphatic imine (C=N–C) groups is 1. The van der Waals surface area contributed by atoms with Crippen LogP contribution in [0.15, 0.2) is 70.4 Å². The van der Waals surface area contributed by atoms with Crippen molar-refractivity contribution >= 4 is 34.2 Å². The Kier molecular flexibility index (Phi) is 7.48. The molecule has 0 saturated carbocycles. The maximum Gasteiger partial charge on any atom is 0.269 e. The van der Waals surface area contributed by atoms with Gasteiger partial charge in [-0.2, -0.15) is 0 Å². The Hall–Kier alpha value is -5.53. The molecule has 0 unspecified atom stereocenters. The van der Waals surface area contributed by atoms with E-state index >= 15 is 0 Å². The van der Waals surface area contributed by atoms with Gasteiger partial charge >= 0.3 is 0 Å². The topological polar surface area (TPSA) is 198 Å². The normalized spacial score (nSPS) is 11.6. The molecule has 3 aromatic heterocycles. The van der Waals surface area contributed by atoms with Gasteiger partial charge in [0.1, 0.15) is 11.0 Å². The number of ether oxygens (including phenoxy) is 1. The largest absolute Gasteiger partial charge is 0.490 e. The second kappa shape index (κ2) is 11.5. The second-order valence-electron chi connectivity index (χ2n) is 8.61. The lowest BCUT2D eigenvalue weighted by atomic mass is 10.1. The molecule has 0 atom stereocenters. The summed E-state index contributed by atoms with van der Waals surface area (Å²) in [6.07, 6.45) is 2.25. The summed E-state index contributed by atoms with van der Waals surface area (Å²) in [7, 11) is 0. The van der Waals surface area contributed by atoms with Crippen molar-refractivity contribution in [3.8, 4) is 28.5 Å². The molecule has 2 aromatic carbocycles. The van der Waals surface area contributed by atoms with Crippen molar-refractivity contribution in [2.24, 2.45) is 10.7 Å². The molecule has 5 N–H and O–H groups in total. The van der Waals surface area contributed by atoms with Crippen LogP contribution in [0.5, 0.6) is 5.75 Å². The van der Waals surface area contributed by atoms with E-state index in [1.54, 1.807) is 18.3 Å². The summed E-state index contributed by atoms with van der Waals surface area (Å²) in [6, 6.07) is 15.7. The number of aryl methyl sites for hydroxylation is 1. The number of nitro groups is 1. The van der Waals surface area contributed by atoms with Crippen LogP contribution in [0.1, 0.15) is 13.3 Å². The Morgan fingerprint density at radius 2 is 1.93 bits per heavy atom. The zero-order valence-corrected chi connectivity index (χ0v) is 21.5. The Labute approximate surface area is 227 Å². The highest BCUT2D eigenvalue weighted by molar-refractivity contribution is 5.96. The first-order valence-corrected chi connectivity index (χ1v) is 12.4. The lowest BCUT2D eigenvalue weighted by molar-refractivity contribution is -0.384. The van der Waals surface area contributed by atoms with Crippen molar-refractivity contribution in [2.75, 3.05) is 24.2 Å². The zero-order chi connectivity index (χ0) is 28.1. The molecule has 0 bridgehead atoms. The highest BCUT2D eigenvalue weighted by Gasteiger charge is 2.24. The highest BCUT2D eigenvalue weighted by Crippen LogP contribution is 2.36. The molecular weight excluding hydrogens is 516 g/mol. The number of pyridine rings is 1. The summed E-state index contributed by atoms with van der Waals surface area (Å²) in [4.78, 5) is 24.1. The van der Waals surface area contributed by atoms with E-state index in [-0.39, 0.29) is 17.5 Å². The van der Waals surface area contributed by atoms with E-state index in [2.05, 4.69) is 25.6 Å². The van der Waals surface area contributed by atoms with E-state index in [0.717, 1.165) is 11.1 Å². The standard InChI is InChI=1S/C26H26N10O4/c1-2-35-23-19(39-14-6-13-29-26(28)31-17-9-11-18(12-10-17)36(37)38)15-30-20(16-7-4-3-5-8-16)21(23)32-25(35)22-24(27)34-40-33-22/h3-5,7-12,15H,2,6,13-14H2,1H3,(H2,27,34)(H3,28,29,31). The molecule has 0 fully saturated rings. The van der Waals surface area contributed by atoms with Gasteiger partial charge in [-0.3, -0.25) is 15.1 Å². The van der Waals surface area contributed by atoms with Crippen molar-refractivity contribution in [2.45, 2.75) is 19.9 Å². The predicted octanol–water partition coefficient (Wildman–Crippen LogP) is 3.85. The van der Waals surface area contributed by atoms with Crippen molar-refractivity contribution in [3.05, 3.63) is 70.9 Å². The van der Waals surface area contributed by atoms with Crippen LogP contribution in [0.3, 0.4) is 0 Å². The van der Waals surface area contributed by atoms with Gasteiger partial charge in [0, 0.05) is 42.9 Å². The third-order valence-electron chi connectivity index (χ3n) is 6.02. The number of anilines is 2. The van der Waals surface area contributed by atoms with Gasteiger partial charge in [-0.25, -0.2) is 14.6 Å². The van der Waals surface area contributed by atoms with Gasteiger partial charge in [-0.15, -0.1) is 0 Å². The number of fused-ring (bicyclic) bond motifs is 1. The van der Waals surface area contributed by atoms with Gasteiger partial charge in [-0.1, -0.05) is 30.3 Å². The number of nitrogens with two attached hydrogens (primary N) is 2. The first-order chi connectivity index (χ1) is 19.5. The number of hydrogen-bond acceptors (Lipinski definition) is 10. The number of guanidine groups is 1. The molecule has 0 saturated heterocycles. The third kappa shape index (κ3) is 5.36. The summed E-state index contributed by atoms with van der Waals surface area (Å²) in [5.74, 6) is 1.38. The minimum Gasteiger partial charge on any atom is -0.490 e. The fourth-order valence-corrected chi connectivity index (χ4v) is 4.17. The molecule has 5 aromatic rings. The lowest BCUT2D eigenvalue weighted by Gasteiger charge is -2.11. The van der Waals surface area contributed by atoms with E-state index in [1.807, 2.05) is 41.8 Å². The van der Waals surface area contributed by atoms with Crippen molar-refractivity contribution in [3.63, 3.8) is 0 Å². The van der Waals surface area contributed by atoms with Crippen LogP contribution < -0.4 is 21.5 Å². The number of nitrogens with zero attached hydrogens (tertiary/aromatic N) is 7. The molecule has 0 spiro atoms. The average molecular weight is 543 g/mol. The molecule has 3 heterocycles. The minimum atomic E-state index is -0.463. The van der Waals surface area contributed by atoms with E-state index in [0.29, 0.717) is 60.3 Å². The highest BCUT2D eigenvalue weighted by atomic mass is 16.6. The summed E-state index contributed by atoms with van der Waals surface area (Å²) in [6.45, 7) is 3.27. The summed E-state index contributed by atoms with van der Waals surface area (Å²) >= 11 is 0. The maximum atomic E-state index is 10.8. The first-order valence-electron chi connectivity index (χ1n) is 12.4. The molecule has 14 heteroatoms. The minimum absolute atomic E-state index is 0.00342. The maximum absolute atomic E-state index is 10.8. The van der Waals surface area contributed by atoms with Crippen molar-refractivity contribution in [1.29, 1.82) is 0 Å². The lowest BCUT2D eigenvalue weighted by Crippen LogP contribution is -2.23. The third-order valence-corrected chi connectivity index (χ3v) is 6.02. The number of imidazole rings is 1. The molecule has 204 valence electrons. The first kappa shape index (κ1) is 26.1. The van der Waals surface area contributed by atoms with Gasteiger partial charge < -0.3 is 26.1 Å². The molecule has 0 aliphatic rings. The molecule has 0 aliphatic carbocycles. The van der Waals surface area contributed by atoms with Gasteiger partial charge in [0.25, 0.3) is 5.69 Å². The monoisotopic (exact) mass is 542 g/mol. The van der Waals surface area contributed by atoms with E-state index in [4.69, 9.17) is 25.8 Å². The number of nitrogens with one attached hydrogen (secondary N) is 1. The number of rotatable bonds is 10. The van der Waals surface area contributed by atoms with Crippen LogP contribution in [0, 0.1) is 10.1 Å². The van der Waals surface area contributed by atoms with Crippen molar-refractivity contribution in [1.82, 2.24) is 24.8 Å². The summed E-state index contributed by atoms with van der Waals surface area (Å²) < 4.78 is 12.9. The Morgan fingerprint density at radius 3 is 2.60 bits per heavy atom. The molecule has 5 rings (SSSR count). The van der Waals surface area contributed by atoms with Crippen LogP contribution in [-0.4, -0.2) is 48.9 Å². The fourth-order valence-electron chi connectivity index (χ4n) is 4.17. The number of benzene rings is 2. The number of non-ortho nitro benzene ring substituents is 1. The molecular formula is C26H26N10O4. The number of nitro benzene ring substituents is 1. The summed E-state index contributed by atoms with van der Waals surface area (Å²) in [5.41, 5.74) is 15.9. The molecule has 0 amide bonds. The smallest absolute Gasteiger partial charge is 0.269 e. The van der Waals surface area contributed by atoms with Gasteiger partial charge in [0.2, 0.25) is 0 Å². The number of hydrogen-bond donors (Lipinski definition) is 3.